The van der Waals surface area contributed by atoms with Gasteiger partial charge in [-0.15, -0.1) is 0 Å². The van der Waals surface area contributed by atoms with Crippen LogP contribution in [0.5, 0.6) is 0 Å². The molecule has 1 aliphatic carbocycles. The van der Waals surface area contributed by atoms with E-state index in [0.717, 1.165) is 11.8 Å². The first-order valence-electron chi connectivity index (χ1n) is 18.7. The fourth-order valence-electron chi connectivity index (χ4n) is 5.46. The average molecular weight is 511 g/mol. The third kappa shape index (κ3) is 3.55. The number of furan rings is 1. The zero-order chi connectivity index (χ0) is 36.2. The second-order valence-electron chi connectivity index (χ2n) is 9.45. The van der Waals surface area contributed by atoms with Crippen LogP contribution in [0.3, 0.4) is 0 Å². The molecule has 0 N–H and O–H groups in total. The van der Waals surface area contributed by atoms with E-state index in [2.05, 4.69) is 0 Å². The highest BCUT2D eigenvalue weighted by molar-refractivity contribution is 6.22. The highest BCUT2D eigenvalue weighted by Crippen LogP contribution is 2.45. The predicted octanol–water partition coefficient (Wildman–Crippen LogP) is 11.0. The van der Waals surface area contributed by atoms with Crippen LogP contribution in [0.2, 0.25) is 0 Å². The standard InChI is InChI=1S/C38H26O/c1-2-11-25(12-3-1)26-13-10-14-27(23-26)37-30-16-4-6-18-32(30)38(33-19-7-5-17-31(33)37)28-21-22-36-34(24-28)29-15-8-9-20-35(29)39-36/h2,4-24H,1,3H2/i4D,5D,6D,7D,10D,13D,14D,16D,17D,18D,19D,23D. The zero-order valence-corrected chi connectivity index (χ0v) is 20.6. The molecule has 0 spiro atoms. The van der Waals surface area contributed by atoms with Crippen molar-refractivity contribution in [3.05, 3.63) is 139 Å². The van der Waals surface area contributed by atoms with Crippen LogP contribution < -0.4 is 0 Å². The molecule has 0 aliphatic heterocycles. The van der Waals surface area contributed by atoms with E-state index in [1.807, 2.05) is 36.4 Å². The van der Waals surface area contributed by atoms with Gasteiger partial charge in [-0.3, -0.25) is 0 Å². The lowest BCUT2D eigenvalue weighted by atomic mass is 9.85. The third-order valence-corrected chi connectivity index (χ3v) is 7.20. The number of fused-ring (bicyclic) bond motifs is 5. The molecule has 1 heterocycles. The quantitative estimate of drug-likeness (QED) is 0.215. The van der Waals surface area contributed by atoms with Gasteiger partial charge < -0.3 is 4.42 Å². The summed E-state index contributed by atoms with van der Waals surface area (Å²) in [6.45, 7) is 0. The Balaban J connectivity index is 1.67. The normalized spacial score (nSPS) is 17.8. The molecule has 0 amide bonds. The average Bonchev–Trinajstić information content (AvgIpc) is 3.51. The number of hydrogen-bond donors (Lipinski definition) is 0. The van der Waals surface area contributed by atoms with Crippen LogP contribution in [-0.2, 0) is 0 Å². The third-order valence-electron chi connectivity index (χ3n) is 7.20. The number of hydrogen-bond acceptors (Lipinski definition) is 1. The number of allylic oxidation sites excluding steroid dienone is 4. The van der Waals surface area contributed by atoms with Gasteiger partial charge in [-0.1, -0.05) is 109 Å². The van der Waals surface area contributed by atoms with Crippen LogP contribution in [0.1, 0.15) is 34.9 Å². The maximum atomic E-state index is 9.46. The molecule has 1 heteroatoms. The van der Waals surface area contributed by atoms with E-state index in [1.54, 1.807) is 24.3 Å². The smallest absolute Gasteiger partial charge is 0.135 e. The fraction of sp³-hybridized carbons (Fsp3) is 0.0526. The summed E-state index contributed by atoms with van der Waals surface area (Å²) < 4.78 is 114. The Morgan fingerprint density at radius 2 is 1.23 bits per heavy atom. The van der Waals surface area contributed by atoms with Crippen molar-refractivity contribution in [2.45, 2.75) is 12.8 Å². The maximum Gasteiger partial charge on any atom is 0.135 e. The van der Waals surface area contributed by atoms with Crippen molar-refractivity contribution in [2.75, 3.05) is 0 Å². The molecule has 0 bridgehead atoms. The summed E-state index contributed by atoms with van der Waals surface area (Å²) in [6, 6.07) is 6.27. The summed E-state index contributed by atoms with van der Waals surface area (Å²) >= 11 is 0. The van der Waals surface area contributed by atoms with Gasteiger partial charge in [0.2, 0.25) is 0 Å². The predicted molar refractivity (Wildman–Crippen MR) is 166 cm³/mol. The lowest BCUT2D eigenvalue weighted by Gasteiger charge is -2.18. The minimum absolute atomic E-state index is 0.0475. The first-order valence-corrected chi connectivity index (χ1v) is 12.7. The summed E-state index contributed by atoms with van der Waals surface area (Å²) in [6.07, 6.45) is 6.79. The summed E-state index contributed by atoms with van der Waals surface area (Å²) in [5.41, 5.74) is 1.75. The van der Waals surface area contributed by atoms with E-state index in [9.17, 15) is 6.85 Å². The molecule has 1 aromatic heterocycles. The minimum atomic E-state index is -0.615. The van der Waals surface area contributed by atoms with Crippen molar-refractivity contribution in [3.8, 4) is 22.3 Å². The van der Waals surface area contributed by atoms with Gasteiger partial charge in [-0.05, 0) is 92.0 Å². The lowest BCUT2D eigenvalue weighted by Crippen LogP contribution is -1.92. The van der Waals surface area contributed by atoms with Gasteiger partial charge >= 0.3 is 0 Å². The van der Waals surface area contributed by atoms with E-state index in [0.29, 0.717) is 34.1 Å². The van der Waals surface area contributed by atoms with Crippen LogP contribution in [0.4, 0.5) is 0 Å². The maximum absolute atomic E-state index is 9.46. The minimum Gasteiger partial charge on any atom is -0.456 e. The molecule has 0 radical (unpaired) electrons. The Hall–Kier alpha value is -4.88. The Labute approximate surface area is 244 Å². The first kappa shape index (κ1) is 13.3. The zero-order valence-electron chi connectivity index (χ0n) is 32.6. The van der Waals surface area contributed by atoms with E-state index in [1.165, 1.54) is 0 Å². The van der Waals surface area contributed by atoms with Gasteiger partial charge in [0.1, 0.15) is 11.2 Å². The van der Waals surface area contributed by atoms with Crippen LogP contribution in [-0.4, -0.2) is 0 Å². The number of para-hydroxylation sites is 1. The largest absolute Gasteiger partial charge is 0.456 e. The SMILES string of the molecule is [2H]c1c([2H])c(C2=CCCC=C2)c([2H])c(-c2c3c([2H])c([2H])c([2H])c([2H])c3c(-c3ccc4oc5ccccc5c4c3)c3c([2H])c([2H])c([2H])c([2H])c23)c1[2H]. The van der Waals surface area contributed by atoms with Crippen molar-refractivity contribution < 1.29 is 20.9 Å². The summed E-state index contributed by atoms with van der Waals surface area (Å²) in [7, 11) is 0. The molecular weight excluding hydrogens is 472 g/mol. The Bertz CT molecular complexity index is 2700. The highest BCUT2D eigenvalue weighted by atomic mass is 16.3. The molecule has 39 heavy (non-hydrogen) atoms. The molecule has 0 saturated heterocycles. The van der Waals surface area contributed by atoms with E-state index in [-0.39, 0.29) is 55.9 Å². The molecule has 7 aromatic rings. The highest BCUT2D eigenvalue weighted by Gasteiger charge is 2.18. The van der Waals surface area contributed by atoms with Gasteiger partial charge in [0.25, 0.3) is 0 Å². The molecule has 0 unspecified atom stereocenters. The molecule has 184 valence electrons. The monoisotopic (exact) mass is 510 g/mol. The van der Waals surface area contributed by atoms with Gasteiger partial charge in [-0.25, -0.2) is 0 Å². The van der Waals surface area contributed by atoms with Crippen LogP contribution in [0, 0.1) is 0 Å². The van der Waals surface area contributed by atoms with E-state index >= 15 is 0 Å². The lowest BCUT2D eigenvalue weighted by molar-refractivity contribution is 0.669. The van der Waals surface area contributed by atoms with Crippen molar-refractivity contribution in [3.63, 3.8) is 0 Å². The summed E-state index contributed by atoms with van der Waals surface area (Å²) in [4.78, 5) is 0. The summed E-state index contributed by atoms with van der Waals surface area (Å²) in [5, 5.41) is 0.991. The molecule has 0 atom stereocenters. The molecule has 1 aliphatic rings. The summed E-state index contributed by atoms with van der Waals surface area (Å²) in [5.74, 6) is 0. The van der Waals surface area contributed by atoms with Gasteiger partial charge in [0.15, 0.2) is 0 Å². The van der Waals surface area contributed by atoms with Crippen molar-refractivity contribution in [1.29, 1.82) is 0 Å². The van der Waals surface area contributed by atoms with Crippen molar-refractivity contribution in [1.82, 2.24) is 0 Å². The molecule has 8 rings (SSSR count). The topological polar surface area (TPSA) is 13.1 Å². The van der Waals surface area contributed by atoms with E-state index in [4.69, 9.17) is 14.0 Å². The van der Waals surface area contributed by atoms with Crippen molar-refractivity contribution in [2.24, 2.45) is 0 Å². The molecule has 0 saturated carbocycles. The number of benzene rings is 6. The van der Waals surface area contributed by atoms with Crippen molar-refractivity contribution >= 4 is 49.1 Å². The molecule has 1 nitrogen and oxygen atoms in total. The van der Waals surface area contributed by atoms with Gasteiger partial charge in [-0.2, -0.15) is 0 Å². The number of rotatable bonds is 3. The first-order chi connectivity index (χ1) is 24.3. The van der Waals surface area contributed by atoms with Gasteiger partial charge in [0, 0.05) is 10.8 Å². The second-order valence-corrected chi connectivity index (χ2v) is 9.45. The Kier molecular flexibility index (Phi) is 3.01. The van der Waals surface area contributed by atoms with Crippen LogP contribution >= 0.6 is 0 Å². The molecule has 6 aromatic carbocycles. The van der Waals surface area contributed by atoms with Crippen LogP contribution in [0.25, 0.3) is 71.3 Å². The van der Waals surface area contributed by atoms with Crippen LogP contribution in [0.15, 0.2) is 138 Å². The Morgan fingerprint density at radius 3 is 1.95 bits per heavy atom. The van der Waals surface area contributed by atoms with Gasteiger partial charge in [0.05, 0.1) is 16.4 Å². The molecule has 0 fully saturated rings. The molecular formula is C38H26O. The fourth-order valence-corrected chi connectivity index (χ4v) is 5.46. The second kappa shape index (κ2) is 8.85. The Morgan fingerprint density at radius 1 is 0.564 bits per heavy atom. The van der Waals surface area contributed by atoms with E-state index < -0.39 is 60.4 Å².